The minimum absolute atomic E-state index is 0.0445. The fourth-order valence-corrected chi connectivity index (χ4v) is 6.16. The molecule has 0 spiro atoms. The van der Waals surface area contributed by atoms with Gasteiger partial charge in [-0.05, 0) is 29.6 Å². The highest BCUT2D eigenvalue weighted by atomic mass is 32.2. The van der Waals surface area contributed by atoms with Gasteiger partial charge in [0.2, 0.25) is 0 Å². The zero-order chi connectivity index (χ0) is 15.7. The fraction of sp³-hybridized carbons (Fsp3) is 0.200. The summed E-state index contributed by atoms with van der Waals surface area (Å²) in [5.74, 6) is 0. The fourth-order valence-electron chi connectivity index (χ4n) is 3.62. The Balaban J connectivity index is 1.81. The van der Waals surface area contributed by atoms with Gasteiger partial charge in [-0.3, -0.25) is 4.90 Å². The van der Waals surface area contributed by atoms with Crippen LogP contribution >= 0.6 is 23.1 Å². The highest BCUT2D eigenvalue weighted by molar-refractivity contribution is 8.01. The lowest BCUT2D eigenvalue weighted by molar-refractivity contribution is 0.0552. The first-order valence-electron chi connectivity index (χ1n) is 7.84. The number of rotatable bonds is 4. The van der Waals surface area contributed by atoms with Gasteiger partial charge >= 0.3 is 0 Å². The van der Waals surface area contributed by atoms with E-state index in [1.54, 1.807) is 0 Å². The molecule has 3 heteroatoms. The third-order valence-corrected chi connectivity index (χ3v) is 7.07. The third kappa shape index (κ3) is 2.44. The van der Waals surface area contributed by atoms with Gasteiger partial charge in [-0.15, -0.1) is 23.1 Å². The molecule has 1 aromatic heterocycles. The summed E-state index contributed by atoms with van der Waals surface area (Å²) in [6.45, 7) is 1.10. The molecule has 0 N–H and O–H groups in total. The van der Waals surface area contributed by atoms with E-state index in [4.69, 9.17) is 0 Å². The Hall–Kier alpha value is -1.55. The Labute approximate surface area is 146 Å². The van der Waals surface area contributed by atoms with E-state index in [2.05, 4.69) is 90.1 Å². The van der Waals surface area contributed by atoms with Crippen LogP contribution in [0.2, 0.25) is 0 Å². The minimum atomic E-state index is -0.0445. The number of hydrogen-bond acceptors (Lipinski definition) is 3. The van der Waals surface area contributed by atoms with Crippen LogP contribution in [-0.4, -0.2) is 23.7 Å². The molecule has 1 unspecified atom stereocenters. The van der Waals surface area contributed by atoms with Crippen molar-refractivity contribution in [3.8, 4) is 0 Å². The van der Waals surface area contributed by atoms with Crippen LogP contribution in [0.3, 0.4) is 0 Å². The second-order valence-corrected chi connectivity index (χ2v) is 8.37. The number of hydrogen-bond donors (Lipinski definition) is 0. The van der Waals surface area contributed by atoms with Gasteiger partial charge in [0.25, 0.3) is 0 Å². The van der Waals surface area contributed by atoms with Crippen molar-refractivity contribution in [2.45, 2.75) is 15.0 Å². The summed E-state index contributed by atoms with van der Waals surface area (Å²) < 4.78 is 1.40. The number of likely N-dealkylation sites (tertiary alicyclic amines) is 1. The lowest BCUT2D eigenvalue weighted by Crippen LogP contribution is -2.65. The summed E-state index contributed by atoms with van der Waals surface area (Å²) in [4.78, 5) is 2.49. The predicted molar refractivity (Wildman–Crippen MR) is 100 cm³/mol. The number of benzene rings is 2. The van der Waals surface area contributed by atoms with Crippen LogP contribution in [0, 0.1) is 0 Å². The molecule has 0 aliphatic carbocycles. The molecule has 0 bridgehead atoms. The Morgan fingerprint density at radius 2 is 1.52 bits per heavy atom. The standard InChI is InChI=1S/C20H19NS2/c1-21-15-18(23-19-13-8-14-22-19)20(21,16-9-4-2-5-10-16)17-11-6-3-7-12-17/h2-14,18H,15H2,1H3. The van der Waals surface area contributed by atoms with E-state index in [-0.39, 0.29) is 5.54 Å². The molecule has 1 atom stereocenters. The molecule has 1 aliphatic heterocycles. The van der Waals surface area contributed by atoms with Crippen LogP contribution in [0.1, 0.15) is 11.1 Å². The molecular weight excluding hydrogens is 318 g/mol. The summed E-state index contributed by atoms with van der Waals surface area (Å²) in [6.07, 6.45) is 0. The second kappa shape index (κ2) is 6.16. The van der Waals surface area contributed by atoms with E-state index in [1.807, 2.05) is 23.1 Å². The monoisotopic (exact) mass is 337 g/mol. The Kier molecular flexibility index (Phi) is 4.02. The first kappa shape index (κ1) is 15.0. The average molecular weight is 338 g/mol. The smallest absolute Gasteiger partial charge is 0.0850 e. The first-order valence-corrected chi connectivity index (χ1v) is 9.60. The zero-order valence-corrected chi connectivity index (χ0v) is 14.7. The van der Waals surface area contributed by atoms with Gasteiger partial charge in [0.1, 0.15) is 0 Å². The molecule has 2 heterocycles. The summed E-state index contributed by atoms with van der Waals surface area (Å²) in [5, 5.41) is 2.69. The summed E-state index contributed by atoms with van der Waals surface area (Å²) >= 11 is 3.85. The zero-order valence-electron chi connectivity index (χ0n) is 13.1. The van der Waals surface area contributed by atoms with Crippen molar-refractivity contribution in [2.24, 2.45) is 0 Å². The van der Waals surface area contributed by atoms with Crippen LogP contribution in [0.15, 0.2) is 82.4 Å². The average Bonchev–Trinajstić information content (AvgIpc) is 3.10. The van der Waals surface area contributed by atoms with E-state index < -0.39 is 0 Å². The van der Waals surface area contributed by atoms with Crippen molar-refractivity contribution in [3.05, 3.63) is 89.3 Å². The minimum Gasteiger partial charge on any atom is -0.291 e. The van der Waals surface area contributed by atoms with Crippen molar-refractivity contribution in [3.63, 3.8) is 0 Å². The van der Waals surface area contributed by atoms with E-state index in [0.29, 0.717) is 5.25 Å². The first-order chi connectivity index (χ1) is 11.3. The van der Waals surface area contributed by atoms with Crippen LogP contribution in [0.4, 0.5) is 0 Å². The highest BCUT2D eigenvalue weighted by Gasteiger charge is 2.54. The highest BCUT2D eigenvalue weighted by Crippen LogP contribution is 2.52. The molecule has 1 aliphatic rings. The van der Waals surface area contributed by atoms with E-state index in [1.165, 1.54) is 15.3 Å². The van der Waals surface area contributed by atoms with Crippen LogP contribution < -0.4 is 0 Å². The van der Waals surface area contributed by atoms with Gasteiger partial charge in [0, 0.05) is 11.8 Å². The Morgan fingerprint density at radius 1 is 0.913 bits per heavy atom. The maximum atomic E-state index is 2.49. The van der Waals surface area contributed by atoms with Gasteiger partial charge in [-0.2, -0.15) is 0 Å². The molecule has 3 aromatic rings. The lowest BCUT2D eigenvalue weighted by Gasteiger charge is -2.57. The van der Waals surface area contributed by atoms with Crippen molar-refractivity contribution in [1.82, 2.24) is 4.90 Å². The van der Waals surface area contributed by atoms with Gasteiger partial charge in [-0.25, -0.2) is 0 Å². The normalized spacial score (nSPS) is 20.1. The molecule has 0 amide bonds. The summed E-state index contributed by atoms with van der Waals surface area (Å²) in [6, 6.07) is 26.3. The molecule has 2 aromatic carbocycles. The van der Waals surface area contributed by atoms with E-state index in [0.717, 1.165) is 6.54 Å². The maximum absolute atomic E-state index is 2.49. The topological polar surface area (TPSA) is 3.24 Å². The van der Waals surface area contributed by atoms with Crippen molar-refractivity contribution in [1.29, 1.82) is 0 Å². The molecule has 1 nitrogen and oxygen atoms in total. The molecule has 0 radical (unpaired) electrons. The van der Waals surface area contributed by atoms with Crippen LogP contribution in [0.25, 0.3) is 0 Å². The molecule has 4 rings (SSSR count). The maximum Gasteiger partial charge on any atom is 0.0850 e. The van der Waals surface area contributed by atoms with Crippen LogP contribution in [-0.2, 0) is 5.54 Å². The molecule has 23 heavy (non-hydrogen) atoms. The largest absolute Gasteiger partial charge is 0.291 e. The summed E-state index contributed by atoms with van der Waals surface area (Å²) in [5.41, 5.74) is 2.72. The molecule has 1 fully saturated rings. The molecule has 0 saturated carbocycles. The number of thiophene rings is 1. The second-order valence-electron chi connectivity index (χ2n) is 5.92. The van der Waals surface area contributed by atoms with Crippen molar-refractivity contribution in [2.75, 3.05) is 13.6 Å². The van der Waals surface area contributed by atoms with Crippen molar-refractivity contribution >= 4 is 23.1 Å². The van der Waals surface area contributed by atoms with E-state index >= 15 is 0 Å². The quantitative estimate of drug-likeness (QED) is 0.652. The predicted octanol–water partition coefficient (Wildman–Crippen LogP) is 5.10. The van der Waals surface area contributed by atoms with Gasteiger partial charge in [0.15, 0.2) is 0 Å². The SMILES string of the molecule is CN1CC(Sc2cccs2)C1(c1ccccc1)c1ccccc1. The molecule has 1 saturated heterocycles. The lowest BCUT2D eigenvalue weighted by atomic mass is 9.73. The van der Waals surface area contributed by atoms with Crippen LogP contribution in [0.5, 0.6) is 0 Å². The Morgan fingerprint density at radius 3 is 2.00 bits per heavy atom. The number of nitrogens with zero attached hydrogens (tertiary/aromatic N) is 1. The third-order valence-electron chi connectivity index (χ3n) is 4.69. The van der Waals surface area contributed by atoms with E-state index in [9.17, 15) is 0 Å². The van der Waals surface area contributed by atoms with Gasteiger partial charge < -0.3 is 0 Å². The molecule has 116 valence electrons. The van der Waals surface area contributed by atoms with Gasteiger partial charge in [-0.1, -0.05) is 66.7 Å². The Bertz CT molecular complexity index is 713. The number of thioether (sulfide) groups is 1. The summed E-state index contributed by atoms with van der Waals surface area (Å²) in [7, 11) is 2.24. The van der Waals surface area contributed by atoms with Crippen molar-refractivity contribution < 1.29 is 0 Å². The van der Waals surface area contributed by atoms with Gasteiger partial charge in [0.05, 0.1) is 9.75 Å². The molecular formula is C20H19NS2.